The smallest absolute Gasteiger partial charge is 0.242 e. The molecule has 0 aromatic heterocycles. The van der Waals surface area contributed by atoms with Crippen molar-refractivity contribution < 1.29 is 13.9 Å². The fraction of sp³-hybridized carbons (Fsp3) is 0.125. The number of nitrogens with one attached hydrogen (secondary N) is 3. The number of anilines is 1. The van der Waals surface area contributed by atoms with Gasteiger partial charge >= 0.3 is 0 Å². The molecule has 0 heterocycles. The first-order chi connectivity index (χ1) is 11.5. The quantitative estimate of drug-likeness (QED) is 0.572. The van der Waals surface area contributed by atoms with Crippen LogP contribution in [0, 0.1) is 5.82 Å². The van der Waals surface area contributed by atoms with Gasteiger partial charge in [0.2, 0.25) is 5.91 Å². The number of ether oxygens (including phenoxy) is 1. The molecule has 5 nitrogen and oxygen atoms in total. The molecular weight excluding hydrogens is 353 g/mol. The zero-order valence-electron chi connectivity index (χ0n) is 12.7. The molecule has 3 N–H and O–H groups in total. The predicted molar refractivity (Wildman–Crippen MR) is 95.6 cm³/mol. The summed E-state index contributed by atoms with van der Waals surface area (Å²) in [5.74, 6) is -0.0939. The van der Waals surface area contributed by atoms with E-state index >= 15 is 0 Å². The third-order valence-electron chi connectivity index (χ3n) is 3.01. The van der Waals surface area contributed by atoms with Gasteiger partial charge in [0.05, 0.1) is 13.5 Å². The summed E-state index contributed by atoms with van der Waals surface area (Å²) in [4.78, 5) is 12.0. The van der Waals surface area contributed by atoms with Gasteiger partial charge in [-0.1, -0.05) is 11.6 Å². The van der Waals surface area contributed by atoms with Gasteiger partial charge in [0.1, 0.15) is 11.6 Å². The number of thiocarbonyl (C=S) groups is 1. The molecule has 0 atom stereocenters. The van der Waals surface area contributed by atoms with Crippen molar-refractivity contribution in [2.45, 2.75) is 6.42 Å². The van der Waals surface area contributed by atoms with Crippen LogP contribution in [-0.4, -0.2) is 18.1 Å². The van der Waals surface area contributed by atoms with Crippen LogP contribution in [0.3, 0.4) is 0 Å². The molecule has 0 saturated heterocycles. The van der Waals surface area contributed by atoms with Crippen molar-refractivity contribution in [3.63, 3.8) is 0 Å². The first kappa shape index (κ1) is 18.0. The van der Waals surface area contributed by atoms with E-state index in [0.29, 0.717) is 22.0 Å². The molecule has 0 radical (unpaired) electrons. The van der Waals surface area contributed by atoms with Gasteiger partial charge in [-0.15, -0.1) is 0 Å². The van der Waals surface area contributed by atoms with Gasteiger partial charge in [-0.05, 0) is 54.7 Å². The van der Waals surface area contributed by atoms with Crippen molar-refractivity contribution in [3.05, 3.63) is 58.9 Å². The van der Waals surface area contributed by atoms with Crippen molar-refractivity contribution in [2.75, 3.05) is 12.4 Å². The van der Waals surface area contributed by atoms with E-state index in [4.69, 9.17) is 28.6 Å². The molecular formula is C16H15ClFN3O2S. The number of hydrogen-bond acceptors (Lipinski definition) is 3. The summed E-state index contributed by atoms with van der Waals surface area (Å²) in [6.45, 7) is 0. The highest BCUT2D eigenvalue weighted by Gasteiger charge is 2.10. The average molecular weight is 368 g/mol. The topological polar surface area (TPSA) is 62.4 Å². The number of hydrazine groups is 1. The van der Waals surface area contributed by atoms with Gasteiger partial charge in [0.15, 0.2) is 5.11 Å². The lowest BCUT2D eigenvalue weighted by Crippen LogP contribution is -2.44. The van der Waals surface area contributed by atoms with Gasteiger partial charge in [-0.25, -0.2) is 4.39 Å². The summed E-state index contributed by atoms with van der Waals surface area (Å²) in [7, 11) is 1.52. The van der Waals surface area contributed by atoms with E-state index in [2.05, 4.69) is 16.2 Å². The Kier molecular flexibility index (Phi) is 6.34. The molecule has 0 saturated carbocycles. The highest BCUT2D eigenvalue weighted by molar-refractivity contribution is 7.80. The van der Waals surface area contributed by atoms with Gasteiger partial charge in [-0.2, -0.15) is 0 Å². The minimum atomic E-state index is -0.344. The molecule has 0 aliphatic heterocycles. The molecule has 0 spiro atoms. The second-order valence-corrected chi connectivity index (χ2v) is 5.61. The number of hydrogen-bond donors (Lipinski definition) is 3. The lowest BCUT2D eigenvalue weighted by atomic mass is 10.1. The first-order valence-electron chi connectivity index (χ1n) is 6.92. The normalized spacial score (nSPS) is 9.96. The molecule has 0 aliphatic carbocycles. The molecule has 2 aromatic carbocycles. The zero-order valence-corrected chi connectivity index (χ0v) is 14.3. The maximum absolute atomic E-state index is 12.8. The highest BCUT2D eigenvalue weighted by Crippen LogP contribution is 2.22. The van der Waals surface area contributed by atoms with E-state index in [1.807, 2.05) is 0 Å². The van der Waals surface area contributed by atoms with E-state index in [9.17, 15) is 9.18 Å². The molecule has 8 heteroatoms. The summed E-state index contributed by atoms with van der Waals surface area (Å²) in [5.41, 5.74) is 6.29. The number of carbonyl (C=O) groups excluding carboxylic acids is 1. The minimum Gasteiger partial charge on any atom is -0.496 e. The summed E-state index contributed by atoms with van der Waals surface area (Å²) in [6.07, 6.45) is 0.0654. The van der Waals surface area contributed by atoms with Crippen LogP contribution in [0.2, 0.25) is 5.02 Å². The fourth-order valence-electron chi connectivity index (χ4n) is 1.92. The number of amides is 1. The second kappa shape index (κ2) is 8.47. The largest absolute Gasteiger partial charge is 0.496 e. The van der Waals surface area contributed by atoms with Crippen molar-refractivity contribution >= 4 is 40.5 Å². The Morgan fingerprint density at radius 2 is 1.92 bits per heavy atom. The van der Waals surface area contributed by atoms with Crippen LogP contribution in [0.1, 0.15) is 5.56 Å². The Balaban J connectivity index is 1.85. The lowest BCUT2D eigenvalue weighted by Gasteiger charge is -2.13. The summed E-state index contributed by atoms with van der Waals surface area (Å²) >= 11 is 11.0. The van der Waals surface area contributed by atoms with Crippen LogP contribution in [0.5, 0.6) is 5.75 Å². The van der Waals surface area contributed by atoms with Crippen LogP contribution in [0.4, 0.5) is 10.1 Å². The SMILES string of the molecule is COc1ccc(Cl)cc1CC(=O)NNC(=S)Nc1ccc(F)cc1. The summed E-state index contributed by atoms with van der Waals surface area (Å²) < 4.78 is 18.0. The van der Waals surface area contributed by atoms with Crippen molar-refractivity contribution in [1.82, 2.24) is 10.9 Å². The van der Waals surface area contributed by atoms with E-state index in [1.54, 1.807) is 18.2 Å². The standard InChI is InChI=1S/C16H15ClFN3O2S/c1-23-14-7-2-11(17)8-10(14)9-15(22)20-21-16(24)19-13-5-3-12(18)4-6-13/h2-8H,9H2,1H3,(H,20,22)(H2,19,21,24). The predicted octanol–water partition coefficient (Wildman–Crippen LogP) is 3.05. The van der Waals surface area contributed by atoms with Crippen LogP contribution in [0.15, 0.2) is 42.5 Å². The van der Waals surface area contributed by atoms with Crippen LogP contribution >= 0.6 is 23.8 Å². The van der Waals surface area contributed by atoms with Crippen molar-refractivity contribution in [2.24, 2.45) is 0 Å². The Morgan fingerprint density at radius 3 is 2.58 bits per heavy atom. The van der Waals surface area contributed by atoms with Crippen LogP contribution in [-0.2, 0) is 11.2 Å². The minimum absolute atomic E-state index is 0.0654. The first-order valence-corrected chi connectivity index (χ1v) is 7.70. The summed E-state index contributed by atoms with van der Waals surface area (Å²) in [6, 6.07) is 10.7. The summed E-state index contributed by atoms with van der Waals surface area (Å²) in [5, 5.41) is 3.50. The van der Waals surface area contributed by atoms with Crippen molar-refractivity contribution in [3.8, 4) is 5.75 Å². The van der Waals surface area contributed by atoms with E-state index in [0.717, 1.165) is 0 Å². The maximum atomic E-state index is 12.8. The van der Waals surface area contributed by atoms with Gasteiger partial charge in [0, 0.05) is 16.3 Å². The molecule has 1 amide bonds. The molecule has 0 bridgehead atoms. The Bertz CT molecular complexity index is 741. The average Bonchev–Trinajstić information content (AvgIpc) is 2.55. The number of carbonyl (C=O) groups is 1. The second-order valence-electron chi connectivity index (χ2n) is 4.77. The fourth-order valence-corrected chi connectivity index (χ4v) is 2.29. The monoisotopic (exact) mass is 367 g/mol. The van der Waals surface area contributed by atoms with Gasteiger partial charge in [0.25, 0.3) is 0 Å². The highest BCUT2D eigenvalue weighted by atomic mass is 35.5. The van der Waals surface area contributed by atoms with Crippen LogP contribution < -0.4 is 20.9 Å². The molecule has 24 heavy (non-hydrogen) atoms. The third-order valence-corrected chi connectivity index (χ3v) is 3.45. The molecule has 0 fully saturated rings. The zero-order chi connectivity index (χ0) is 17.5. The molecule has 2 aromatic rings. The Labute approximate surface area is 149 Å². The number of methoxy groups -OCH3 is 1. The van der Waals surface area contributed by atoms with E-state index < -0.39 is 0 Å². The molecule has 126 valence electrons. The maximum Gasteiger partial charge on any atom is 0.242 e. The van der Waals surface area contributed by atoms with Crippen LogP contribution in [0.25, 0.3) is 0 Å². The third kappa shape index (κ3) is 5.36. The number of benzene rings is 2. The lowest BCUT2D eigenvalue weighted by molar-refractivity contribution is -0.121. The Hall–Kier alpha value is -2.38. The van der Waals surface area contributed by atoms with Gasteiger partial charge < -0.3 is 10.1 Å². The van der Waals surface area contributed by atoms with E-state index in [-0.39, 0.29) is 23.3 Å². The van der Waals surface area contributed by atoms with E-state index in [1.165, 1.54) is 31.4 Å². The molecule has 0 unspecified atom stereocenters. The van der Waals surface area contributed by atoms with Gasteiger partial charge in [-0.3, -0.25) is 15.6 Å². The molecule has 2 rings (SSSR count). The van der Waals surface area contributed by atoms with Crippen molar-refractivity contribution in [1.29, 1.82) is 0 Å². The Morgan fingerprint density at radius 1 is 1.21 bits per heavy atom. The molecule has 0 aliphatic rings. The number of halogens is 2. The number of rotatable bonds is 4.